The first-order valence-corrected chi connectivity index (χ1v) is 5.36. The van der Waals surface area contributed by atoms with Crippen molar-refractivity contribution < 1.29 is 9.47 Å². The second kappa shape index (κ2) is 4.43. The number of nitrogens with two attached hydrogens (primary N) is 1. The number of hydrogen-bond donors (Lipinski definition) is 1. The molecule has 0 amide bonds. The fourth-order valence-electron chi connectivity index (χ4n) is 1.53. The lowest BCUT2D eigenvalue weighted by Crippen LogP contribution is -1.99. The maximum atomic E-state index is 5.71. The highest BCUT2D eigenvalue weighted by molar-refractivity contribution is 5.55. The zero-order chi connectivity index (χ0) is 10.7. The number of benzene rings is 1. The van der Waals surface area contributed by atoms with Gasteiger partial charge in [0.25, 0.3) is 0 Å². The van der Waals surface area contributed by atoms with Gasteiger partial charge in [0.1, 0.15) is 11.5 Å². The minimum atomic E-state index is 0.645. The van der Waals surface area contributed by atoms with E-state index in [9.17, 15) is 0 Å². The van der Waals surface area contributed by atoms with Crippen molar-refractivity contribution in [3.05, 3.63) is 18.2 Å². The zero-order valence-corrected chi connectivity index (χ0v) is 9.03. The second-order valence-electron chi connectivity index (χ2n) is 3.98. The van der Waals surface area contributed by atoms with E-state index in [1.165, 1.54) is 12.8 Å². The average molecular weight is 207 g/mol. The molecule has 0 radical (unpaired) electrons. The van der Waals surface area contributed by atoms with Crippen molar-refractivity contribution >= 4 is 5.69 Å². The van der Waals surface area contributed by atoms with E-state index >= 15 is 0 Å². The number of hydrogen-bond acceptors (Lipinski definition) is 3. The van der Waals surface area contributed by atoms with Gasteiger partial charge < -0.3 is 15.2 Å². The monoisotopic (exact) mass is 207 g/mol. The van der Waals surface area contributed by atoms with Gasteiger partial charge >= 0.3 is 0 Å². The van der Waals surface area contributed by atoms with Crippen LogP contribution in [0.2, 0.25) is 0 Å². The van der Waals surface area contributed by atoms with Crippen LogP contribution in [0.25, 0.3) is 0 Å². The maximum absolute atomic E-state index is 5.71. The molecule has 0 spiro atoms. The third-order valence-corrected chi connectivity index (χ3v) is 2.70. The van der Waals surface area contributed by atoms with Crippen LogP contribution in [0.3, 0.4) is 0 Å². The Morgan fingerprint density at radius 3 is 2.87 bits per heavy atom. The summed E-state index contributed by atoms with van der Waals surface area (Å²) in [7, 11) is 1.61. The third-order valence-electron chi connectivity index (χ3n) is 2.70. The Morgan fingerprint density at radius 1 is 1.40 bits per heavy atom. The fourth-order valence-corrected chi connectivity index (χ4v) is 1.53. The van der Waals surface area contributed by atoms with E-state index in [1.807, 2.05) is 18.2 Å². The average Bonchev–Trinajstić information content (AvgIpc) is 3.04. The van der Waals surface area contributed by atoms with Crippen molar-refractivity contribution in [3.63, 3.8) is 0 Å². The topological polar surface area (TPSA) is 44.5 Å². The van der Waals surface area contributed by atoms with Gasteiger partial charge in [-0.05, 0) is 24.5 Å². The van der Waals surface area contributed by atoms with Crippen LogP contribution in [-0.2, 0) is 0 Å². The van der Waals surface area contributed by atoms with Crippen molar-refractivity contribution in [1.29, 1.82) is 0 Å². The summed E-state index contributed by atoms with van der Waals surface area (Å²) in [4.78, 5) is 0. The summed E-state index contributed by atoms with van der Waals surface area (Å²) in [5, 5.41) is 0. The van der Waals surface area contributed by atoms with Crippen molar-refractivity contribution in [1.82, 2.24) is 0 Å². The molecule has 1 fully saturated rings. The highest BCUT2D eigenvalue weighted by Crippen LogP contribution is 2.32. The van der Waals surface area contributed by atoms with E-state index in [1.54, 1.807) is 7.11 Å². The molecule has 3 nitrogen and oxygen atoms in total. The molecule has 0 saturated heterocycles. The highest BCUT2D eigenvalue weighted by Gasteiger charge is 2.20. The first-order chi connectivity index (χ1) is 7.29. The van der Waals surface area contributed by atoms with E-state index < -0.39 is 0 Å². The number of methoxy groups -OCH3 is 1. The van der Waals surface area contributed by atoms with Crippen LogP contribution in [0.5, 0.6) is 11.5 Å². The molecule has 0 aromatic heterocycles. The summed E-state index contributed by atoms with van der Waals surface area (Å²) in [6.07, 6.45) is 3.90. The molecule has 1 saturated carbocycles. The van der Waals surface area contributed by atoms with Gasteiger partial charge in [0.05, 0.1) is 19.4 Å². The maximum Gasteiger partial charge on any atom is 0.145 e. The zero-order valence-electron chi connectivity index (χ0n) is 9.03. The highest BCUT2D eigenvalue weighted by atomic mass is 16.5. The van der Waals surface area contributed by atoms with Crippen LogP contribution in [0.15, 0.2) is 18.2 Å². The van der Waals surface area contributed by atoms with Crippen molar-refractivity contribution in [2.45, 2.75) is 19.3 Å². The van der Waals surface area contributed by atoms with Crippen LogP contribution in [-0.4, -0.2) is 13.7 Å². The number of nitrogen functional groups attached to an aromatic ring is 1. The molecule has 1 aliphatic carbocycles. The van der Waals surface area contributed by atoms with Gasteiger partial charge in [-0.25, -0.2) is 0 Å². The lowest BCUT2D eigenvalue weighted by atomic mass is 10.3. The predicted octanol–water partition coefficient (Wildman–Crippen LogP) is 2.46. The van der Waals surface area contributed by atoms with Crippen LogP contribution >= 0.6 is 0 Å². The molecular weight excluding hydrogens is 190 g/mol. The van der Waals surface area contributed by atoms with E-state index in [0.717, 1.165) is 24.7 Å². The molecule has 0 heterocycles. The summed E-state index contributed by atoms with van der Waals surface area (Å²) in [6, 6.07) is 5.53. The van der Waals surface area contributed by atoms with E-state index in [2.05, 4.69) is 0 Å². The Hall–Kier alpha value is -1.38. The molecule has 0 atom stereocenters. The van der Waals surface area contributed by atoms with Gasteiger partial charge in [-0.2, -0.15) is 0 Å². The van der Waals surface area contributed by atoms with E-state index in [0.29, 0.717) is 11.4 Å². The molecule has 82 valence electrons. The van der Waals surface area contributed by atoms with Gasteiger partial charge in [0, 0.05) is 6.07 Å². The Bertz CT molecular complexity index is 334. The Labute approximate surface area is 90.2 Å². The Kier molecular flexibility index (Phi) is 2.99. The van der Waals surface area contributed by atoms with Crippen molar-refractivity contribution in [2.24, 2.45) is 5.92 Å². The Balaban J connectivity index is 1.89. The molecule has 0 aliphatic heterocycles. The lowest BCUT2D eigenvalue weighted by Gasteiger charge is -2.09. The van der Waals surface area contributed by atoms with Gasteiger partial charge in [-0.3, -0.25) is 0 Å². The second-order valence-corrected chi connectivity index (χ2v) is 3.98. The fraction of sp³-hybridized carbons (Fsp3) is 0.500. The molecule has 0 bridgehead atoms. The van der Waals surface area contributed by atoms with Gasteiger partial charge in [0.15, 0.2) is 0 Å². The SMILES string of the molecule is COc1cc(OCCC2CC2)ccc1N. The molecule has 1 aromatic carbocycles. The number of rotatable bonds is 5. The molecular formula is C12H17NO2. The minimum absolute atomic E-state index is 0.645. The Morgan fingerprint density at radius 2 is 2.20 bits per heavy atom. The van der Waals surface area contributed by atoms with Gasteiger partial charge in [-0.15, -0.1) is 0 Å². The molecule has 15 heavy (non-hydrogen) atoms. The third kappa shape index (κ3) is 2.78. The number of anilines is 1. The summed E-state index contributed by atoms with van der Waals surface area (Å²) in [6.45, 7) is 0.789. The van der Waals surface area contributed by atoms with Crippen LogP contribution in [0.4, 0.5) is 5.69 Å². The summed E-state index contributed by atoms with van der Waals surface area (Å²) in [5.74, 6) is 2.42. The normalized spacial score (nSPS) is 15.0. The molecule has 2 rings (SSSR count). The summed E-state index contributed by atoms with van der Waals surface area (Å²) in [5.41, 5.74) is 6.35. The van der Waals surface area contributed by atoms with Gasteiger partial charge in [-0.1, -0.05) is 12.8 Å². The molecule has 1 aromatic rings. The lowest BCUT2D eigenvalue weighted by molar-refractivity contribution is 0.300. The van der Waals surface area contributed by atoms with Crippen LogP contribution < -0.4 is 15.2 Å². The van der Waals surface area contributed by atoms with Gasteiger partial charge in [0.2, 0.25) is 0 Å². The molecule has 3 heteroatoms. The van der Waals surface area contributed by atoms with Crippen LogP contribution in [0.1, 0.15) is 19.3 Å². The molecule has 0 unspecified atom stereocenters. The quantitative estimate of drug-likeness (QED) is 0.754. The predicted molar refractivity (Wildman–Crippen MR) is 60.2 cm³/mol. The summed E-state index contributed by atoms with van der Waals surface area (Å²) < 4.78 is 10.7. The smallest absolute Gasteiger partial charge is 0.145 e. The van der Waals surface area contributed by atoms with Crippen molar-refractivity contribution in [2.75, 3.05) is 19.5 Å². The van der Waals surface area contributed by atoms with Crippen molar-refractivity contribution in [3.8, 4) is 11.5 Å². The van der Waals surface area contributed by atoms with E-state index in [4.69, 9.17) is 15.2 Å². The standard InChI is InChI=1S/C12H17NO2/c1-14-12-8-10(4-5-11(12)13)15-7-6-9-2-3-9/h4-5,8-9H,2-3,6-7,13H2,1H3. The largest absolute Gasteiger partial charge is 0.494 e. The van der Waals surface area contributed by atoms with E-state index in [-0.39, 0.29) is 0 Å². The minimum Gasteiger partial charge on any atom is -0.494 e. The molecule has 1 aliphatic rings. The molecule has 2 N–H and O–H groups in total. The first-order valence-electron chi connectivity index (χ1n) is 5.36. The van der Waals surface area contributed by atoms with Crippen LogP contribution in [0, 0.1) is 5.92 Å². The number of ether oxygens (including phenoxy) is 2. The summed E-state index contributed by atoms with van der Waals surface area (Å²) >= 11 is 0. The first kappa shape index (κ1) is 10.1.